The molecule has 0 fully saturated rings. The summed E-state index contributed by atoms with van der Waals surface area (Å²) >= 11 is 0. The normalized spacial score (nSPS) is 14.3. The van der Waals surface area contributed by atoms with Gasteiger partial charge in [0.2, 0.25) is 0 Å². The molecule has 0 aromatic heterocycles. The van der Waals surface area contributed by atoms with Crippen molar-refractivity contribution >= 4 is 39.5 Å². The monoisotopic (exact) mass is 1410 g/mol. The largest absolute Gasteiger partial charge is 0.472 e. The van der Waals surface area contributed by atoms with Crippen LogP contribution in [0.2, 0.25) is 0 Å². The molecule has 0 aromatic carbocycles. The van der Waals surface area contributed by atoms with E-state index in [0.717, 1.165) is 108 Å². The molecule has 570 valence electrons. The van der Waals surface area contributed by atoms with Crippen LogP contribution in [0.5, 0.6) is 0 Å². The number of phosphoric acid groups is 2. The molecule has 19 heteroatoms. The molecule has 0 aliphatic carbocycles. The molecule has 6 atom stereocenters. The average molecular weight is 1410 g/mol. The molecule has 0 heterocycles. The minimum Gasteiger partial charge on any atom is -0.462 e. The maximum atomic E-state index is 13.1. The molecule has 17 nitrogen and oxygen atoms in total. The average Bonchev–Trinajstić information content (AvgIpc) is 2.21. The predicted octanol–water partition coefficient (Wildman–Crippen LogP) is 22.6. The van der Waals surface area contributed by atoms with Gasteiger partial charge >= 0.3 is 39.5 Å². The van der Waals surface area contributed by atoms with Crippen LogP contribution in [0.4, 0.5) is 0 Å². The van der Waals surface area contributed by atoms with Crippen molar-refractivity contribution in [1.29, 1.82) is 0 Å². The fraction of sp³-hybridized carbons (Fsp3) is 0.948. The first kappa shape index (κ1) is 94.1. The van der Waals surface area contributed by atoms with Gasteiger partial charge in [0.1, 0.15) is 19.3 Å². The molecular weight excluding hydrogens is 1260 g/mol. The number of unbranched alkanes of at least 4 members (excludes halogenated alkanes) is 42. The van der Waals surface area contributed by atoms with Crippen molar-refractivity contribution < 1.29 is 80.2 Å². The fourth-order valence-electron chi connectivity index (χ4n) is 11.7. The van der Waals surface area contributed by atoms with Gasteiger partial charge < -0.3 is 33.8 Å². The summed E-state index contributed by atoms with van der Waals surface area (Å²) in [4.78, 5) is 72.8. The zero-order chi connectivity index (χ0) is 70.9. The van der Waals surface area contributed by atoms with Crippen LogP contribution in [0.1, 0.15) is 395 Å². The van der Waals surface area contributed by atoms with E-state index in [0.29, 0.717) is 31.6 Å². The van der Waals surface area contributed by atoms with Gasteiger partial charge in [-0.2, -0.15) is 0 Å². The number of hydrogen-bond acceptors (Lipinski definition) is 15. The summed E-state index contributed by atoms with van der Waals surface area (Å²) in [6, 6.07) is 0. The van der Waals surface area contributed by atoms with Gasteiger partial charge in [0.25, 0.3) is 0 Å². The third-order valence-corrected chi connectivity index (χ3v) is 20.1. The van der Waals surface area contributed by atoms with Crippen LogP contribution in [-0.4, -0.2) is 96.7 Å². The van der Waals surface area contributed by atoms with Gasteiger partial charge in [0.05, 0.1) is 26.4 Å². The highest BCUT2D eigenvalue weighted by atomic mass is 31.2. The lowest BCUT2D eigenvalue weighted by molar-refractivity contribution is -0.161. The van der Waals surface area contributed by atoms with Crippen molar-refractivity contribution in [3.63, 3.8) is 0 Å². The molecule has 0 aliphatic rings. The summed E-state index contributed by atoms with van der Waals surface area (Å²) in [5.41, 5.74) is 0. The smallest absolute Gasteiger partial charge is 0.462 e. The van der Waals surface area contributed by atoms with Crippen molar-refractivity contribution in [1.82, 2.24) is 0 Å². The molecule has 0 saturated heterocycles. The maximum Gasteiger partial charge on any atom is 0.472 e. The number of phosphoric ester groups is 2. The lowest BCUT2D eigenvalue weighted by Gasteiger charge is -2.21. The standard InChI is InChI=1S/C77H150O17P2/c1-8-10-11-12-13-14-15-16-21-25-28-31-36-44-51-58-74(79)87-64-72(93-76(81)60-53-46-37-32-29-26-23-20-18-17-19-22-24-27-30-34-41-48-55-68(3)4)66-91-95(83,84)89-62-71(78)63-90-96(85,86)92-67-73(94-77(82)61-54-47-38-33-35-42-49-56-69(5)6)65-88-75(80)59-52-45-40-39-43-50-57-70(7)9-2/h68-73,78H,8-67H2,1-7H3,(H,83,84)(H,85,86)/t70?,71-,72-,73-/m1/s1. The zero-order valence-corrected chi connectivity index (χ0v) is 64.6. The first-order chi connectivity index (χ1) is 46.3. The molecule has 3 unspecified atom stereocenters. The lowest BCUT2D eigenvalue weighted by atomic mass is 10.00. The summed E-state index contributed by atoms with van der Waals surface area (Å²) in [5, 5.41) is 10.6. The van der Waals surface area contributed by atoms with E-state index in [1.54, 1.807) is 0 Å². The zero-order valence-electron chi connectivity index (χ0n) is 62.8. The molecule has 0 amide bonds. The Hall–Kier alpha value is -1.94. The summed E-state index contributed by atoms with van der Waals surface area (Å²) in [6.45, 7) is 11.8. The highest BCUT2D eigenvalue weighted by Crippen LogP contribution is 2.45. The molecule has 0 radical (unpaired) electrons. The van der Waals surface area contributed by atoms with Gasteiger partial charge in [-0.3, -0.25) is 37.3 Å². The summed E-state index contributed by atoms with van der Waals surface area (Å²) in [6.07, 6.45) is 54.4. The van der Waals surface area contributed by atoms with Gasteiger partial charge in [-0.1, -0.05) is 344 Å². The van der Waals surface area contributed by atoms with Gasteiger partial charge in [-0.05, 0) is 43.4 Å². The van der Waals surface area contributed by atoms with Gasteiger partial charge in [0, 0.05) is 25.7 Å². The Bertz CT molecular complexity index is 1870. The second-order valence-corrected chi connectivity index (χ2v) is 31.8. The Morgan fingerprint density at radius 3 is 0.792 bits per heavy atom. The van der Waals surface area contributed by atoms with Crippen molar-refractivity contribution in [3.8, 4) is 0 Å². The number of aliphatic hydroxyl groups is 1. The minimum atomic E-state index is -4.96. The first-order valence-corrected chi connectivity index (χ1v) is 42.9. The molecule has 0 saturated carbocycles. The Morgan fingerprint density at radius 2 is 0.531 bits per heavy atom. The van der Waals surface area contributed by atoms with E-state index in [1.807, 2.05) is 0 Å². The van der Waals surface area contributed by atoms with Crippen LogP contribution in [0, 0.1) is 17.8 Å². The Morgan fingerprint density at radius 1 is 0.302 bits per heavy atom. The summed E-state index contributed by atoms with van der Waals surface area (Å²) in [5.74, 6) is 0.127. The Kier molecular flexibility index (Phi) is 66.2. The quantitative estimate of drug-likeness (QED) is 0.0222. The van der Waals surface area contributed by atoms with E-state index in [9.17, 15) is 43.2 Å². The topological polar surface area (TPSA) is 237 Å². The van der Waals surface area contributed by atoms with Crippen LogP contribution >= 0.6 is 15.6 Å². The highest BCUT2D eigenvalue weighted by Gasteiger charge is 2.30. The van der Waals surface area contributed by atoms with Crippen LogP contribution in [0.25, 0.3) is 0 Å². The molecule has 96 heavy (non-hydrogen) atoms. The minimum absolute atomic E-state index is 0.103. The summed E-state index contributed by atoms with van der Waals surface area (Å²) in [7, 11) is -9.91. The van der Waals surface area contributed by atoms with Crippen LogP contribution in [0.15, 0.2) is 0 Å². The number of carbonyl (C=O) groups excluding carboxylic acids is 4. The van der Waals surface area contributed by atoms with Gasteiger partial charge in [0.15, 0.2) is 12.2 Å². The predicted molar refractivity (Wildman–Crippen MR) is 391 cm³/mol. The van der Waals surface area contributed by atoms with E-state index in [4.69, 9.17) is 37.0 Å². The van der Waals surface area contributed by atoms with Crippen molar-refractivity contribution in [2.24, 2.45) is 17.8 Å². The first-order valence-electron chi connectivity index (χ1n) is 39.9. The SMILES string of the molecule is CCCCCCCCCCCCCCCCCC(=O)OC[C@H](COP(=O)(O)OC[C@@H](O)COP(=O)(O)OC[C@@H](COC(=O)CCCCCCCCC(C)CC)OC(=O)CCCCCCCCCC(C)C)OC(=O)CCCCCCCCCCCCCCCCCCCCC(C)C. The molecular formula is C77H150O17P2. The molecule has 0 spiro atoms. The second-order valence-electron chi connectivity index (χ2n) is 28.9. The van der Waals surface area contributed by atoms with E-state index >= 15 is 0 Å². The van der Waals surface area contributed by atoms with Gasteiger partial charge in [-0.15, -0.1) is 0 Å². The van der Waals surface area contributed by atoms with E-state index < -0.39 is 97.5 Å². The van der Waals surface area contributed by atoms with Gasteiger partial charge in [-0.25, -0.2) is 9.13 Å². The number of esters is 4. The lowest BCUT2D eigenvalue weighted by Crippen LogP contribution is -2.30. The maximum absolute atomic E-state index is 13.1. The third kappa shape index (κ3) is 69.2. The second kappa shape index (κ2) is 67.5. The number of ether oxygens (including phenoxy) is 4. The highest BCUT2D eigenvalue weighted by molar-refractivity contribution is 7.47. The van der Waals surface area contributed by atoms with Crippen LogP contribution in [-0.2, 0) is 65.4 Å². The summed E-state index contributed by atoms with van der Waals surface area (Å²) < 4.78 is 68.5. The van der Waals surface area contributed by atoms with Crippen LogP contribution in [0.3, 0.4) is 0 Å². The Balaban J connectivity index is 5.20. The van der Waals surface area contributed by atoms with Crippen LogP contribution < -0.4 is 0 Å². The number of aliphatic hydroxyl groups excluding tert-OH is 1. The Labute approximate surface area is 588 Å². The molecule has 3 N–H and O–H groups in total. The number of rotatable bonds is 75. The number of carbonyl (C=O) groups is 4. The molecule has 0 aromatic rings. The molecule has 0 rings (SSSR count). The fourth-order valence-corrected chi connectivity index (χ4v) is 13.3. The molecule has 0 bridgehead atoms. The van der Waals surface area contributed by atoms with Crippen molar-refractivity contribution in [2.45, 2.75) is 414 Å². The van der Waals surface area contributed by atoms with Crippen molar-refractivity contribution in [2.75, 3.05) is 39.6 Å². The number of hydrogen-bond donors (Lipinski definition) is 3. The van der Waals surface area contributed by atoms with E-state index in [-0.39, 0.29) is 25.7 Å². The van der Waals surface area contributed by atoms with E-state index in [1.165, 1.54) is 199 Å². The molecule has 0 aliphatic heterocycles. The van der Waals surface area contributed by atoms with Crippen molar-refractivity contribution in [3.05, 3.63) is 0 Å². The third-order valence-electron chi connectivity index (χ3n) is 18.2. The van der Waals surface area contributed by atoms with E-state index in [2.05, 4.69) is 48.5 Å².